The van der Waals surface area contributed by atoms with Crippen molar-refractivity contribution in [2.75, 3.05) is 0 Å². The van der Waals surface area contributed by atoms with E-state index in [0.717, 1.165) is 12.8 Å². The van der Waals surface area contributed by atoms with E-state index >= 15 is 0 Å². The van der Waals surface area contributed by atoms with Crippen molar-refractivity contribution in [3.8, 4) is 0 Å². The Hall–Kier alpha value is -0.643. The van der Waals surface area contributed by atoms with Gasteiger partial charge in [0.25, 0.3) is 0 Å². The number of thiophene rings is 1. The minimum Gasteiger partial charge on any atom is -0.409 e. The topological polar surface area (TPSA) is 9.23 Å². The molecule has 116 valence electrons. The lowest BCUT2D eigenvalue weighted by atomic mass is 10.1. The van der Waals surface area contributed by atoms with Crippen molar-refractivity contribution in [3.63, 3.8) is 0 Å². The minimum absolute atomic E-state index is 0.258. The molecular weight excluding hydrogens is 292 g/mol. The maximum absolute atomic E-state index is 6.71. The molecule has 0 spiro atoms. The van der Waals surface area contributed by atoms with E-state index in [0.29, 0.717) is 0 Å². The van der Waals surface area contributed by atoms with Gasteiger partial charge in [-0.15, -0.1) is 11.3 Å². The van der Waals surface area contributed by atoms with E-state index in [2.05, 4.69) is 71.1 Å². The zero-order valence-electron chi connectivity index (χ0n) is 14.2. The lowest BCUT2D eigenvalue weighted by Crippen LogP contribution is -2.41. The summed E-state index contributed by atoms with van der Waals surface area (Å²) in [4.78, 5) is 1.39. The maximum Gasteiger partial charge on any atom is 0.192 e. The second kappa shape index (κ2) is 6.23. The molecule has 0 radical (unpaired) electrons. The van der Waals surface area contributed by atoms with Gasteiger partial charge in [0.05, 0.1) is 6.10 Å². The second-order valence-corrected chi connectivity index (χ2v) is 13.2. The molecule has 21 heavy (non-hydrogen) atoms. The summed E-state index contributed by atoms with van der Waals surface area (Å²) < 4.78 is 8.08. The number of fused-ring (bicyclic) bond motifs is 1. The predicted molar refractivity (Wildman–Crippen MR) is 97.8 cm³/mol. The van der Waals surface area contributed by atoms with Crippen LogP contribution in [-0.2, 0) is 4.43 Å². The van der Waals surface area contributed by atoms with Crippen LogP contribution in [0.25, 0.3) is 10.1 Å². The van der Waals surface area contributed by atoms with Crippen molar-refractivity contribution in [1.82, 2.24) is 0 Å². The molecule has 0 fully saturated rings. The van der Waals surface area contributed by atoms with Crippen LogP contribution in [0, 0.1) is 0 Å². The molecule has 1 atom stereocenters. The summed E-state index contributed by atoms with van der Waals surface area (Å²) in [5.74, 6) is 0. The first kappa shape index (κ1) is 16.7. The van der Waals surface area contributed by atoms with Gasteiger partial charge in [0, 0.05) is 9.58 Å². The van der Waals surface area contributed by atoms with Crippen molar-refractivity contribution in [3.05, 3.63) is 35.2 Å². The van der Waals surface area contributed by atoms with Gasteiger partial charge in [0.15, 0.2) is 8.32 Å². The third-order valence-corrected chi connectivity index (χ3v) is 10.3. The Morgan fingerprint density at radius 2 is 1.86 bits per heavy atom. The van der Waals surface area contributed by atoms with Crippen LogP contribution < -0.4 is 0 Å². The Balaban J connectivity index is 2.30. The zero-order chi connectivity index (χ0) is 15.7. The SMILES string of the molecule is CCC[C@@H](O[Si](C)(C)C(C)(C)C)c1cc2ccccc2s1. The van der Waals surface area contributed by atoms with E-state index in [-0.39, 0.29) is 11.1 Å². The average Bonchev–Trinajstić information content (AvgIpc) is 2.80. The highest BCUT2D eigenvalue weighted by molar-refractivity contribution is 7.19. The third-order valence-electron chi connectivity index (χ3n) is 4.56. The molecule has 1 heterocycles. The minimum atomic E-state index is -1.73. The van der Waals surface area contributed by atoms with Gasteiger partial charge in [-0.1, -0.05) is 52.3 Å². The molecule has 0 aliphatic carbocycles. The number of hydrogen-bond donors (Lipinski definition) is 0. The average molecular weight is 321 g/mol. The van der Waals surface area contributed by atoms with E-state index in [1.54, 1.807) is 0 Å². The first-order valence-electron chi connectivity index (χ1n) is 7.91. The summed E-state index contributed by atoms with van der Waals surface area (Å²) in [5, 5.41) is 1.60. The largest absolute Gasteiger partial charge is 0.409 e. The summed E-state index contributed by atoms with van der Waals surface area (Å²) in [7, 11) is -1.73. The van der Waals surface area contributed by atoms with Crippen LogP contribution in [0.1, 0.15) is 51.5 Å². The Bertz CT molecular complexity index is 562. The second-order valence-electron chi connectivity index (χ2n) is 7.34. The van der Waals surface area contributed by atoms with Gasteiger partial charge in [-0.3, -0.25) is 0 Å². The lowest BCUT2D eigenvalue weighted by Gasteiger charge is -2.39. The molecule has 3 heteroatoms. The van der Waals surface area contributed by atoms with Crippen molar-refractivity contribution >= 4 is 29.7 Å². The molecule has 1 aromatic carbocycles. The molecule has 0 amide bonds. The highest BCUT2D eigenvalue weighted by Gasteiger charge is 2.39. The van der Waals surface area contributed by atoms with E-state index in [9.17, 15) is 0 Å². The first-order chi connectivity index (χ1) is 9.74. The molecule has 0 aliphatic heterocycles. The van der Waals surface area contributed by atoms with Crippen LogP contribution in [0.3, 0.4) is 0 Å². The molecule has 0 bridgehead atoms. The lowest BCUT2D eigenvalue weighted by molar-refractivity contribution is 0.176. The molecule has 0 unspecified atom stereocenters. The first-order valence-corrected chi connectivity index (χ1v) is 11.6. The van der Waals surface area contributed by atoms with Crippen molar-refractivity contribution in [2.45, 2.75) is 64.8 Å². The summed E-state index contributed by atoms with van der Waals surface area (Å²) >= 11 is 1.89. The molecule has 2 aromatic rings. The van der Waals surface area contributed by atoms with E-state index in [4.69, 9.17) is 4.43 Å². The summed E-state index contributed by atoms with van der Waals surface area (Å²) in [5.41, 5.74) is 0. The van der Waals surface area contributed by atoms with Gasteiger partial charge in [0.2, 0.25) is 0 Å². The Morgan fingerprint density at radius 3 is 2.43 bits per heavy atom. The van der Waals surface area contributed by atoms with Crippen LogP contribution in [0.5, 0.6) is 0 Å². The fourth-order valence-corrected chi connectivity index (χ4v) is 4.74. The zero-order valence-corrected chi connectivity index (χ0v) is 16.0. The normalized spacial score (nSPS) is 14.6. The standard InChI is InChI=1S/C18H28OSSi/c1-7-10-15(19-21(5,6)18(2,3)4)17-13-14-11-8-9-12-16(14)20-17/h8-9,11-13,15H,7,10H2,1-6H3/t15-/m1/s1. The fourth-order valence-electron chi connectivity index (χ4n) is 2.21. The molecule has 0 aliphatic rings. The third kappa shape index (κ3) is 3.76. The van der Waals surface area contributed by atoms with Crippen molar-refractivity contribution in [2.24, 2.45) is 0 Å². The van der Waals surface area contributed by atoms with E-state index in [1.165, 1.54) is 15.0 Å². The summed E-state index contributed by atoms with van der Waals surface area (Å²) in [6.45, 7) is 13.9. The van der Waals surface area contributed by atoms with Crippen LogP contribution >= 0.6 is 11.3 Å². The smallest absolute Gasteiger partial charge is 0.192 e. The highest BCUT2D eigenvalue weighted by atomic mass is 32.1. The van der Waals surface area contributed by atoms with Gasteiger partial charge >= 0.3 is 0 Å². The van der Waals surface area contributed by atoms with Crippen LogP contribution in [0.15, 0.2) is 30.3 Å². The van der Waals surface area contributed by atoms with Crippen LogP contribution in [0.4, 0.5) is 0 Å². The maximum atomic E-state index is 6.71. The molecule has 1 aromatic heterocycles. The van der Waals surface area contributed by atoms with Gasteiger partial charge in [-0.25, -0.2) is 0 Å². The molecule has 2 rings (SSSR count). The fraction of sp³-hybridized carbons (Fsp3) is 0.556. The van der Waals surface area contributed by atoms with Gasteiger partial charge in [0.1, 0.15) is 0 Å². The van der Waals surface area contributed by atoms with E-state index < -0.39 is 8.32 Å². The molecule has 0 saturated carbocycles. The predicted octanol–water partition coefficient (Wildman–Crippen LogP) is 6.76. The Morgan fingerprint density at radius 1 is 1.19 bits per heavy atom. The molecule has 1 nitrogen and oxygen atoms in total. The Kier molecular flexibility index (Phi) is 4.96. The number of benzene rings is 1. The van der Waals surface area contributed by atoms with Crippen LogP contribution in [-0.4, -0.2) is 8.32 Å². The van der Waals surface area contributed by atoms with Gasteiger partial charge in [-0.05, 0) is 42.1 Å². The number of hydrogen-bond acceptors (Lipinski definition) is 2. The molecule has 0 N–H and O–H groups in total. The van der Waals surface area contributed by atoms with Gasteiger partial charge < -0.3 is 4.43 Å². The highest BCUT2D eigenvalue weighted by Crippen LogP contribution is 2.42. The van der Waals surface area contributed by atoms with Gasteiger partial charge in [-0.2, -0.15) is 0 Å². The summed E-state index contributed by atoms with van der Waals surface area (Å²) in [6.07, 6.45) is 2.53. The monoisotopic (exact) mass is 320 g/mol. The molecular formula is C18H28OSSi. The number of rotatable bonds is 5. The summed E-state index contributed by atoms with van der Waals surface area (Å²) in [6, 6.07) is 11.0. The van der Waals surface area contributed by atoms with Crippen molar-refractivity contribution < 1.29 is 4.43 Å². The Labute approximate surface area is 134 Å². The quantitative estimate of drug-likeness (QED) is 0.553. The van der Waals surface area contributed by atoms with Crippen molar-refractivity contribution in [1.29, 1.82) is 0 Å². The van der Waals surface area contributed by atoms with E-state index in [1.807, 2.05) is 11.3 Å². The van der Waals surface area contributed by atoms with Crippen LogP contribution in [0.2, 0.25) is 18.1 Å². The molecule has 0 saturated heterocycles.